The number of ether oxygens (including phenoxy) is 3. The predicted octanol–water partition coefficient (Wildman–Crippen LogP) is 5.55. The van der Waals surface area contributed by atoms with Crippen LogP contribution >= 0.6 is 0 Å². The van der Waals surface area contributed by atoms with Crippen LogP contribution in [0.25, 0.3) is 0 Å². The summed E-state index contributed by atoms with van der Waals surface area (Å²) >= 11 is 0. The van der Waals surface area contributed by atoms with Gasteiger partial charge in [-0.3, -0.25) is 4.98 Å². The lowest BCUT2D eigenvalue weighted by molar-refractivity contribution is 0.178. The van der Waals surface area contributed by atoms with Crippen LogP contribution in [0.15, 0.2) is 36.5 Å². The maximum absolute atomic E-state index is 5.90. The smallest absolute Gasteiger partial charge is 0.165 e. The number of nitrogens with one attached hydrogen (secondary N) is 1. The molecule has 0 spiro atoms. The van der Waals surface area contributed by atoms with Gasteiger partial charge >= 0.3 is 0 Å². The fourth-order valence-corrected chi connectivity index (χ4v) is 4.00. The van der Waals surface area contributed by atoms with E-state index in [1.807, 2.05) is 12.3 Å². The predicted molar refractivity (Wildman–Crippen MR) is 117 cm³/mol. The summed E-state index contributed by atoms with van der Waals surface area (Å²) in [5, 5.41) is 3.67. The molecule has 0 bridgehead atoms. The molecule has 0 amide bonds. The van der Waals surface area contributed by atoms with Gasteiger partial charge in [-0.05, 0) is 68.7 Å². The Labute approximate surface area is 174 Å². The van der Waals surface area contributed by atoms with Gasteiger partial charge in [0, 0.05) is 19.3 Å². The number of aromatic nitrogens is 1. The third-order valence-electron chi connectivity index (χ3n) is 5.81. The summed E-state index contributed by atoms with van der Waals surface area (Å²) in [6.07, 6.45) is 7.74. The molecule has 3 rings (SSSR count). The standard InChI is InChI=1S/C24H34N2O3/c1-5-17(2)29-21-12-8-19(9-13-21)18-6-10-20(11-7-18)26-22-14-15-25-23(16-27-3)24(22)28-4/h8-9,12-15,17-18,20H,5-7,10-11,16H2,1-4H3,(H,25,26)/t17?,18-,20+. The lowest BCUT2D eigenvalue weighted by atomic mass is 9.81. The van der Waals surface area contributed by atoms with Crippen LogP contribution in [0, 0.1) is 0 Å². The van der Waals surface area contributed by atoms with Crippen molar-refractivity contribution in [3.8, 4) is 11.5 Å². The number of benzene rings is 1. The summed E-state index contributed by atoms with van der Waals surface area (Å²) in [5.41, 5.74) is 3.25. The molecule has 1 saturated carbocycles. The summed E-state index contributed by atoms with van der Waals surface area (Å²) in [5.74, 6) is 2.37. The number of methoxy groups -OCH3 is 2. The Morgan fingerprint density at radius 2 is 1.79 bits per heavy atom. The minimum Gasteiger partial charge on any atom is -0.493 e. The van der Waals surface area contributed by atoms with Crippen molar-refractivity contribution in [1.82, 2.24) is 4.98 Å². The second-order valence-corrected chi connectivity index (χ2v) is 7.87. The fraction of sp³-hybridized carbons (Fsp3) is 0.542. The van der Waals surface area contributed by atoms with Gasteiger partial charge in [0.25, 0.3) is 0 Å². The summed E-state index contributed by atoms with van der Waals surface area (Å²) in [7, 11) is 3.36. The molecule has 29 heavy (non-hydrogen) atoms. The average molecular weight is 399 g/mol. The second-order valence-electron chi connectivity index (χ2n) is 7.87. The summed E-state index contributed by atoms with van der Waals surface area (Å²) in [6.45, 7) is 4.70. The van der Waals surface area contributed by atoms with Crippen LogP contribution in [0.4, 0.5) is 5.69 Å². The van der Waals surface area contributed by atoms with E-state index in [1.54, 1.807) is 14.2 Å². The van der Waals surface area contributed by atoms with Crippen molar-refractivity contribution in [1.29, 1.82) is 0 Å². The minimum atomic E-state index is 0.261. The summed E-state index contributed by atoms with van der Waals surface area (Å²) < 4.78 is 16.7. The van der Waals surface area contributed by atoms with Gasteiger partial charge in [0.15, 0.2) is 5.75 Å². The molecule has 5 heteroatoms. The van der Waals surface area contributed by atoms with Crippen molar-refractivity contribution >= 4 is 5.69 Å². The maximum Gasteiger partial charge on any atom is 0.165 e. The molecule has 0 aliphatic heterocycles. The van der Waals surface area contributed by atoms with E-state index in [-0.39, 0.29) is 6.10 Å². The Kier molecular flexibility index (Phi) is 7.76. The van der Waals surface area contributed by atoms with Gasteiger partial charge in [0.2, 0.25) is 0 Å². The zero-order valence-electron chi connectivity index (χ0n) is 18.1. The quantitative estimate of drug-likeness (QED) is 0.600. The zero-order valence-corrected chi connectivity index (χ0v) is 18.1. The van der Waals surface area contributed by atoms with Crippen LogP contribution in [0.3, 0.4) is 0 Å². The van der Waals surface area contributed by atoms with E-state index in [0.29, 0.717) is 18.6 Å². The first-order chi connectivity index (χ1) is 14.1. The van der Waals surface area contributed by atoms with E-state index in [4.69, 9.17) is 14.2 Å². The molecule has 158 valence electrons. The molecule has 1 aromatic carbocycles. The molecule has 1 aromatic heterocycles. The maximum atomic E-state index is 5.90. The number of hydrogen-bond acceptors (Lipinski definition) is 5. The molecular weight excluding hydrogens is 364 g/mol. The molecule has 0 saturated heterocycles. The van der Waals surface area contributed by atoms with E-state index >= 15 is 0 Å². The Bertz CT molecular complexity index is 755. The van der Waals surface area contributed by atoms with Crippen molar-refractivity contribution < 1.29 is 14.2 Å². The molecule has 1 aliphatic rings. The lowest BCUT2D eigenvalue weighted by Crippen LogP contribution is -2.25. The van der Waals surface area contributed by atoms with E-state index < -0.39 is 0 Å². The highest BCUT2D eigenvalue weighted by atomic mass is 16.5. The number of hydrogen-bond donors (Lipinski definition) is 1. The Morgan fingerprint density at radius 1 is 1.07 bits per heavy atom. The van der Waals surface area contributed by atoms with Gasteiger partial charge in [-0.15, -0.1) is 0 Å². The summed E-state index contributed by atoms with van der Waals surface area (Å²) in [6, 6.07) is 11.1. The Balaban J connectivity index is 1.56. The second kappa shape index (κ2) is 10.5. The third-order valence-corrected chi connectivity index (χ3v) is 5.81. The van der Waals surface area contributed by atoms with E-state index in [9.17, 15) is 0 Å². The highest BCUT2D eigenvalue weighted by Crippen LogP contribution is 2.36. The SMILES string of the molecule is CCC(C)Oc1ccc([C@H]2CC[C@@H](Nc3ccnc(COC)c3OC)CC2)cc1. The summed E-state index contributed by atoms with van der Waals surface area (Å²) in [4.78, 5) is 4.37. The van der Waals surface area contributed by atoms with Crippen molar-refractivity contribution in [2.75, 3.05) is 19.5 Å². The highest BCUT2D eigenvalue weighted by Gasteiger charge is 2.23. The van der Waals surface area contributed by atoms with Crippen LogP contribution in [0.2, 0.25) is 0 Å². The average Bonchev–Trinajstić information content (AvgIpc) is 2.75. The van der Waals surface area contributed by atoms with E-state index in [1.165, 1.54) is 18.4 Å². The molecule has 1 aliphatic carbocycles. The Hall–Kier alpha value is -2.27. The molecule has 0 radical (unpaired) electrons. The molecule has 1 fully saturated rings. The topological polar surface area (TPSA) is 52.6 Å². The van der Waals surface area contributed by atoms with Gasteiger partial charge in [-0.25, -0.2) is 0 Å². The number of nitrogens with zero attached hydrogens (tertiary/aromatic N) is 1. The van der Waals surface area contributed by atoms with Gasteiger partial charge < -0.3 is 19.5 Å². The molecule has 2 aromatic rings. The van der Waals surface area contributed by atoms with Crippen LogP contribution in [-0.2, 0) is 11.3 Å². The van der Waals surface area contributed by atoms with Crippen LogP contribution in [0.1, 0.15) is 63.1 Å². The zero-order chi connectivity index (χ0) is 20.6. The molecule has 5 nitrogen and oxygen atoms in total. The van der Waals surface area contributed by atoms with Crippen LogP contribution in [0.5, 0.6) is 11.5 Å². The molecule has 1 heterocycles. The van der Waals surface area contributed by atoms with Crippen molar-refractivity contribution in [3.63, 3.8) is 0 Å². The van der Waals surface area contributed by atoms with E-state index in [2.05, 4.69) is 48.4 Å². The van der Waals surface area contributed by atoms with E-state index in [0.717, 1.165) is 42.1 Å². The van der Waals surface area contributed by atoms with Gasteiger partial charge in [-0.1, -0.05) is 19.1 Å². The van der Waals surface area contributed by atoms with Gasteiger partial charge in [0.1, 0.15) is 11.4 Å². The highest BCUT2D eigenvalue weighted by molar-refractivity contribution is 5.58. The largest absolute Gasteiger partial charge is 0.493 e. The molecule has 1 atom stereocenters. The fourth-order valence-electron chi connectivity index (χ4n) is 4.00. The minimum absolute atomic E-state index is 0.261. The van der Waals surface area contributed by atoms with Crippen molar-refractivity contribution in [2.24, 2.45) is 0 Å². The van der Waals surface area contributed by atoms with Crippen molar-refractivity contribution in [2.45, 2.75) is 70.6 Å². The van der Waals surface area contributed by atoms with Crippen LogP contribution in [-0.4, -0.2) is 31.3 Å². The van der Waals surface area contributed by atoms with Gasteiger partial charge in [-0.2, -0.15) is 0 Å². The first kappa shape index (κ1) is 21.4. The molecule has 1 N–H and O–H groups in total. The molecular formula is C24H34N2O3. The number of anilines is 1. The van der Waals surface area contributed by atoms with Crippen LogP contribution < -0.4 is 14.8 Å². The first-order valence-corrected chi connectivity index (χ1v) is 10.7. The molecule has 1 unspecified atom stereocenters. The first-order valence-electron chi connectivity index (χ1n) is 10.7. The monoisotopic (exact) mass is 398 g/mol. The number of rotatable bonds is 9. The van der Waals surface area contributed by atoms with Gasteiger partial charge in [0.05, 0.1) is 25.5 Å². The van der Waals surface area contributed by atoms with Crippen molar-refractivity contribution in [3.05, 3.63) is 47.8 Å². The Morgan fingerprint density at radius 3 is 2.41 bits per heavy atom. The normalized spacial score (nSPS) is 20.1. The lowest BCUT2D eigenvalue weighted by Gasteiger charge is -2.30. The third kappa shape index (κ3) is 5.63. The number of pyridine rings is 1.